The number of aryl methyl sites for hydroxylation is 1. The molecular formula is C20H19N5. The van der Waals surface area contributed by atoms with Crippen molar-refractivity contribution >= 4 is 17.3 Å². The van der Waals surface area contributed by atoms with Gasteiger partial charge in [-0.25, -0.2) is 9.97 Å². The van der Waals surface area contributed by atoms with E-state index in [2.05, 4.69) is 50.9 Å². The highest BCUT2D eigenvalue weighted by Gasteiger charge is 2.01. The van der Waals surface area contributed by atoms with Crippen molar-refractivity contribution in [1.29, 1.82) is 5.26 Å². The maximum atomic E-state index is 8.96. The highest BCUT2D eigenvalue weighted by molar-refractivity contribution is 5.60. The van der Waals surface area contributed by atoms with E-state index in [1.807, 2.05) is 24.3 Å². The van der Waals surface area contributed by atoms with Gasteiger partial charge in [-0.2, -0.15) is 5.26 Å². The molecule has 0 amide bonds. The molecule has 0 saturated heterocycles. The van der Waals surface area contributed by atoms with E-state index in [1.54, 1.807) is 12.1 Å². The molecule has 2 aromatic carbocycles. The first kappa shape index (κ1) is 16.5. The van der Waals surface area contributed by atoms with Crippen molar-refractivity contribution in [2.45, 2.75) is 12.8 Å². The number of hydrogen-bond donors (Lipinski definition) is 2. The second kappa shape index (κ2) is 8.46. The van der Waals surface area contributed by atoms with E-state index < -0.39 is 0 Å². The summed E-state index contributed by atoms with van der Waals surface area (Å²) in [5.74, 6) is 1.47. The maximum Gasteiger partial charge on any atom is 0.135 e. The van der Waals surface area contributed by atoms with E-state index in [4.69, 9.17) is 5.26 Å². The Bertz CT molecular complexity index is 855. The topological polar surface area (TPSA) is 73.6 Å². The number of aromatic nitrogens is 2. The van der Waals surface area contributed by atoms with Crippen LogP contribution in [0, 0.1) is 11.3 Å². The van der Waals surface area contributed by atoms with Gasteiger partial charge >= 0.3 is 0 Å². The molecule has 0 unspecified atom stereocenters. The average molecular weight is 329 g/mol. The molecular weight excluding hydrogens is 310 g/mol. The molecule has 124 valence electrons. The zero-order valence-electron chi connectivity index (χ0n) is 13.8. The zero-order valence-corrected chi connectivity index (χ0v) is 13.8. The van der Waals surface area contributed by atoms with Crippen LogP contribution in [0.3, 0.4) is 0 Å². The molecule has 0 atom stereocenters. The van der Waals surface area contributed by atoms with Gasteiger partial charge in [-0.15, -0.1) is 0 Å². The molecule has 0 aliphatic rings. The molecule has 3 rings (SSSR count). The van der Waals surface area contributed by atoms with Crippen LogP contribution < -0.4 is 10.6 Å². The van der Waals surface area contributed by atoms with Gasteiger partial charge in [-0.05, 0) is 36.6 Å². The average Bonchev–Trinajstić information content (AvgIpc) is 2.67. The van der Waals surface area contributed by atoms with Gasteiger partial charge in [0, 0.05) is 18.3 Å². The van der Waals surface area contributed by atoms with Crippen LogP contribution in [0.25, 0.3) is 0 Å². The molecule has 0 fully saturated rings. The van der Waals surface area contributed by atoms with Crippen molar-refractivity contribution in [1.82, 2.24) is 9.97 Å². The van der Waals surface area contributed by atoms with Crippen LogP contribution in [-0.4, -0.2) is 16.5 Å². The highest BCUT2D eigenvalue weighted by atomic mass is 15.1. The second-order valence-corrected chi connectivity index (χ2v) is 5.62. The Balaban J connectivity index is 1.53. The summed E-state index contributed by atoms with van der Waals surface area (Å²) in [5, 5.41) is 15.5. The smallest absolute Gasteiger partial charge is 0.135 e. The van der Waals surface area contributed by atoms with Crippen molar-refractivity contribution in [3.63, 3.8) is 0 Å². The maximum absolute atomic E-state index is 8.96. The van der Waals surface area contributed by atoms with Crippen LogP contribution in [0.2, 0.25) is 0 Å². The van der Waals surface area contributed by atoms with Gasteiger partial charge in [-0.3, -0.25) is 0 Å². The third-order valence-electron chi connectivity index (χ3n) is 3.72. The van der Waals surface area contributed by atoms with E-state index in [-0.39, 0.29) is 0 Å². The molecule has 1 aromatic heterocycles. The third kappa shape index (κ3) is 5.05. The van der Waals surface area contributed by atoms with Crippen LogP contribution in [0.15, 0.2) is 67.0 Å². The first-order valence-corrected chi connectivity index (χ1v) is 8.20. The summed E-state index contributed by atoms with van der Waals surface area (Å²) in [6, 6.07) is 21.7. The quantitative estimate of drug-likeness (QED) is 0.637. The lowest BCUT2D eigenvalue weighted by Crippen LogP contribution is -2.05. The van der Waals surface area contributed by atoms with Crippen LogP contribution in [0.4, 0.5) is 17.3 Å². The normalized spacial score (nSPS) is 10.0. The largest absolute Gasteiger partial charge is 0.370 e. The molecule has 5 nitrogen and oxygen atoms in total. The molecule has 3 aromatic rings. The summed E-state index contributed by atoms with van der Waals surface area (Å²) < 4.78 is 0. The van der Waals surface area contributed by atoms with E-state index in [1.165, 1.54) is 11.9 Å². The first-order chi connectivity index (χ1) is 12.3. The van der Waals surface area contributed by atoms with E-state index in [0.717, 1.165) is 30.9 Å². The fourth-order valence-corrected chi connectivity index (χ4v) is 2.49. The molecule has 0 aliphatic carbocycles. The molecule has 0 spiro atoms. The summed E-state index contributed by atoms with van der Waals surface area (Å²) in [5.41, 5.74) is 2.78. The van der Waals surface area contributed by atoms with Gasteiger partial charge in [0.2, 0.25) is 0 Å². The van der Waals surface area contributed by atoms with Crippen LogP contribution in [0.5, 0.6) is 0 Å². The van der Waals surface area contributed by atoms with Crippen molar-refractivity contribution < 1.29 is 0 Å². The number of nitriles is 1. The number of rotatable bonds is 7. The van der Waals surface area contributed by atoms with Crippen molar-refractivity contribution in [2.24, 2.45) is 0 Å². The summed E-state index contributed by atoms with van der Waals surface area (Å²) in [6.45, 7) is 0.843. The summed E-state index contributed by atoms with van der Waals surface area (Å²) in [4.78, 5) is 8.47. The fourth-order valence-electron chi connectivity index (χ4n) is 2.49. The zero-order chi connectivity index (χ0) is 17.3. The van der Waals surface area contributed by atoms with Gasteiger partial charge < -0.3 is 10.6 Å². The van der Waals surface area contributed by atoms with Crippen LogP contribution >= 0.6 is 0 Å². The van der Waals surface area contributed by atoms with Gasteiger partial charge in [0.25, 0.3) is 0 Å². The minimum Gasteiger partial charge on any atom is -0.370 e. The summed E-state index contributed by atoms with van der Waals surface area (Å²) in [7, 11) is 0. The van der Waals surface area contributed by atoms with Gasteiger partial charge in [-0.1, -0.05) is 36.4 Å². The van der Waals surface area contributed by atoms with E-state index in [0.29, 0.717) is 11.4 Å². The molecule has 1 heterocycles. The Labute approximate surface area is 147 Å². The predicted octanol–water partition coefficient (Wildman–Crippen LogP) is 4.14. The molecule has 0 saturated carbocycles. The Morgan fingerprint density at radius 1 is 0.920 bits per heavy atom. The lowest BCUT2D eigenvalue weighted by Gasteiger charge is -2.09. The molecule has 2 N–H and O–H groups in total. The monoisotopic (exact) mass is 329 g/mol. The Hall–Kier alpha value is -3.39. The van der Waals surface area contributed by atoms with Crippen molar-refractivity contribution in [3.05, 3.63) is 78.1 Å². The van der Waals surface area contributed by atoms with Crippen molar-refractivity contribution in [3.8, 4) is 6.07 Å². The SMILES string of the molecule is N#Cc1cccc(Nc2cc(NCCCc3ccccc3)ncn2)c1. The highest BCUT2D eigenvalue weighted by Crippen LogP contribution is 2.17. The first-order valence-electron chi connectivity index (χ1n) is 8.20. The van der Waals surface area contributed by atoms with Crippen LogP contribution in [0.1, 0.15) is 17.5 Å². The number of hydrogen-bond acceptors (Lipinski definition) is 5. The van der Waals surface area contributed by atoms with Crippen molar-refractivity contribution in [2.75, 3.05) is 17.2 Å². The standard InChI is InChI=1S/C20H19N5/c21-14-17-8-4-10-18(12-17)25-20-13-19(23-15-24-20)22-11-5-9-16-6-2-1-3-7-16/h1-4,6-8,10,12-13,15H,5,9,11H2,(H2,22,23,24,25). The number of nitrogens with zero attached hydrogens (tertiary/aromatic N) is 3. The number of anilines is 3. The lowest BCUT2D eigenvalue weighted by atomic mass is 10.1. The Morgan fingerprint density at radius 2 is 1.76 bits per heavy atom. The molecule has 0 radical (unpaired) electrons. The fraction of sp³-hybridized carbons (Fsp3) is 0.150. The Kier molecular flexibility index (Phi) is 5.57. The number of benzene rings is 2. The molecule has 5 heteroatoms. The van der Waals surface area contributed by atoms with Crippen LogP contribution in [-0.2, 0) is 6.42 Å². The lowest BCUT2D eigenvalue weighted by molar-refractivity contribution is 0.858. The predicted molar refractivity (Wildman–Crippen MR) is 99.7 cm³/mol. The van der Waals surface area contributed by atoms with Gasteiger partial charge in [0.15, 0.2) is 0 Å². The Morgan fingerprint density at radius 3 is 2.60 bits per heavy atom. The minimum absolute atomic E-state index is 0.610. The molecule has 25 heavy (non-hydrogen) atoms. The third-order valence-corrected chi connectivity index (χ3v) is 3.72. The minimum atomic E-state index is 0.610. The van der Waals surface area contributed by atoms with Gasteiger partial charge in [0.05, 0.1) is 11.6 Å². The summed E-state index contributed by atoms with van der Waals surface area (Å²) in [6.07, 6.45) is 3.59. The molecule has 0 aliphatic heterocycles. The van der Waals surface area contributed by atoms with E-state index >= 15 is 0 Å². The van der Waals surface area contributed by atoms with Gasteiger partial charge in [0.1, 0.15) is 18.0 Å². The van der Waals surface area contributed by atoms with E-state index in [9.17, 15) is 0 Å². The molecule has 0 bridgehead atoms. The summed E-state index contributed by atoms with van der Waals surface area (Å²) >= 11 is 0. The second-order valence-electron chi connectivity index (χ2n) is 5.62. The number of nitrogens with one attached hydrogen (secondary N) is 2.